The summed E-state index contributed by atoms with van der Waals surface area (Å²) in [4.78, 5) is 6.85. The van der Waals surface area contributed by atoms with E-state index in [1.165, 1.54) is 0 Å². The monoisotopic (exact) mass is 249 g/mol. The van der Waals surface area contributed by atoms with Crippen LogP contribution in [0.5, 0.6) is 0 Å². The van der Waals surface area contributed by atoms with Crippen molar-refractivity contribution in [2.45, 2.75) is 32.9 Å². The maximum absolute atomic E-state index is 9.89. The third kappa shape index (κ3) is 3.43. The molecule has 1 aliphatic heterocycles. The van der Waals surface area contributed by atoms with Crippen LogP contribution >= 0.6 is 0 Å². The average Bonchev–Trinajstić information content (AvgIpc) is 2.35. The lowest BCUT2D eigenvalue weighted by Gasteiger charge is -2.34. The molecule has 2 unspecified atom stereocenters. The standard InChI is InChI=1S/C14H23N3O/c1-3-15-14-6-4-5-12(16-14)9-17-8-7-11(2)13(18)10-17/h4-6,11,13,18H,3,7-10H2,1-2H3,(H,15,16). The summed E-state index contributed by atoms with van der Waals surface area (Å²) in [5.74, 6) is 1.35. The molecular formula is C14H23N3O. The minimum Gasteiger partial charge on any atom is -0.392 e. The van der Waals surface area contributed by atoms with Gasteiger partial charge in [-0.15, -0.1) is 0 Å². The van der Waals surface area contributed by atoms with Crippen molar-refractivity contribution in [1.29, 1.82) is 0 Å². The van der Waals surface area contributed by atoms with E-state index in [9.17, 15) is 5.11 Å². The molecule has 100 valence electrons. The molecule has 1 aliphatic rings. The molecular weight excluding hydrogens is 226 g/mol. The number of hydrogen-bond acceptors (Lipinski definition) is 4. The minimum absolute atomic E-state index is 0.198. The zero-order chi connectivity index (χ0) is 13.0. The molecule has 0 radical (unpaired) electrons. The summed E-state index contributed by atoms with van der Waals surface area (Å²) in [5, 5.41) is 13.1. The van der Waals surface area contributed by atoms with Crippen molar-refractivity contribution in [3.05, 3.63) is 23.9 Å². The summed E-state index contributed by atoms with van der Waals surface area (Å²) in [5.41, 5.74) is 1.07. The quantitative estimate of drug-likeness (QED) is 0.853. The van der Waals surface area contributed by atoms with Crippen LogP contribution in [-0.2, 0) is 6.54 Å². The number of aromatic nitrogens is 1. The highest BCUT2D eigenvalue weighted by Crippen LogP contribution is 2.18. The van der Waals surface area contributed by atoms with E-state index in [-0.39, 0.29) is 6.10 Å². The summed E-state index contributed by atoms with van der Waals surface area (Å²) in [6.45, 7) is 7.70. The SMILES string of the molecule is CCNc1cccc(CN2CCC(C)C(O)C2)n1. The Bertz CT molecular complexity index is 383. The molecule has 1 aromatic heterocycles. The number of pyridine rings is 1. The van der Waals surface area contributed by atoms with Crippen LogP contribution in [-0.4, -0.2) is 40.7 Å². The molecule has 2 rings (SSSR count). The van der Waals surface area contributed by atoms with Gasteiger partial charge in [-0.1, -0.05) is 13.0 Å². The number of likely N-dealkylation sites (tertiary alicyclic amines) is 1. The van der Waals surface area contributed by atoms with Gasteiger partial charge in [-0.05, 0) is 37.9 Å². The van der Waals surface area contributed by atoms with E-state index >= 15 is 0 Å². The van der Waals surface area contributed by atoms with E-state index in [2.05, 4.69) is 29.0 Å². The van der Waals surface area contributed by atoms with Gasteiger partial charge in [0, 0.05) is 19.6 Å². The number of rotatable bonds is 4. The van der Waals surface area contributed by atoms with Gasteiger partial charge in [0.1, 0.15) is 5.82 Å². The number of aliphatic hydroxyl groups excluding tert-OH is 1. The van der Waals surface area contributed by atoms with E-state index in [1.807, 2.05) is 18.2 Å². The molecule has 4 nitrogen and oxygen atoms in total. The van der Waals surface area contributed by atoms with Crippen LogP contribution in [0.25, 0.3) is 0 Å². The van der Waals surface area contributed by atoms with Crippen molar-refractivity contribution in [2.75, 3.05) is 25.0 Å². The maximum Gasteiger partial charge on any atom is 0.126 e. The van der Waals surface area contributed by atoms with Gasteiger partial charge in [-0.3, -0.25) is 4.90 Å². The van der Waals surface area contributed by atoms with E-state index < -0.39 is 0 Å². The number of nitrogens with zero attached hydrogens (tertiary/aromatic N) is 2. The molecule has 0 amide bonds. The Morgan fingerprint density at radius 1 is 1.50 bits per heavy atom. The summed E-state index contributed by atoms with van der Waals surface area (Å²) in [6, 6.07) is 6.06. The van der Waals surface area contributed by atoms with Crippen molar-refractivity contribution in [2.24, 2.45) is 5.92 Å². The molecule has 1 aromatic rings. The number of hydrogen-bond donors (Lipinski definition) is 2. The van der Waals surface area contributed by atoms with E-state index in [0.717, 1.165) is 44.1 Å². The molecule has 2 atom stereocenters. The fraction of sp³-hybridized carbons (Fsp3) is 0.643. The molecule has 0 bridgehead atoms. The number of piperidine rings is 1. The average molecular weight is 249 g/mol. The normalized spacial score (nSPS) is 25.1. The molecule has 1 fully saturated rings. The van der Waals surface area contributed by atoms with Gasteiger partial charge in [-0.25, -0.2) is 4.98 Å². The summed E-state index contributed by atoms with van der Waals surface area (Å²) >= 11 is 0. The van der Waals surface area contributed by atoms with Crippen LogP contribution in [0.4, 0.5) is 5.82 Å². The van der Waals surface area contributed by atoms with Gasteiger partial charge in [0.15, 0.2) is 0 Å². The Hall–Kier alpha value is -1.13. The minimum atomic E-state index is -0.198. The molecule has 0 saturated carbocycles. The van der Waals surface area contributed by atoms with Crippen molar-refractivity contribution in [3.63, 3.8) is 0 Å². The molecule has 2 heterocycles. The fourth-order valence-electron chi connectivity index (χ4n) is 2.33. The molecule has 0 aliphatic carbocycles. The van der Waals surface area contributed by atoms with Gasteiger partial charge < -0.3 is 10.4 Å². The second kappa shape index (κ2) is 6.16. The summed E-state index contributed by atoms with van der Waals surface area (Å²) in [7, 11) is 0. The van der Waals surface area contributed by atoms with Gasteiger partial charge >= 0.3 is 0 Å². The van der Waals surface area contributed by atoms with Crippen molar-refractivity contribution >= 4 is 5.82 Å². The maximum atomic E-state index is 9.89. The third-order valence-electron chi connectivity index (χ3n) is 3.55. The molecule has 2 N–H and O–H groups in total. The zero-order valence-electron chi connectivity index (χ0n) is 11.3. The first-order valence-electron chi connectivity index (χ1n) is 6.79. The lowest BCUT2D eigenvalue weighted by atomic mass is 9.96. The topological polar surface area (TPSA) is 48.4 Å². The first-order chi connectivity index (χ1) is 8.69. The Kier molecular flexibility index (Phi) is 4.55. The highest BCUT2D eigenvalue weighted by atomic mass is 16.3. The first kappa shape index (κ1) is 13.3. The number of nitrogens with one attached hydrogen (secondary N) is 1. The van der Waals surface area contributed by atoms with Gasteiger partial charge in [0.25, 0.3) is 0 Å². The number of β-amino-alcohol motifs (C(OH)–C–C–N with tert-alkyl or cyclic N) is 1. The predicted octanol–water partition coefficient (Wildman–Crippen LogP) is 1.72. The predicted molar refractivity (Wildman–Crippen MR) is 73.5 cm³/mol. The number of aliphatic hydroxyl groups is 1. The van der Waals surface area contributed by atoms with Crippen LogP contribution < -0.4 is 5.32 Å². The smallest absolute Gasteiger partial charge is 0.126 e. The van der Waals surface area contributed by atoms with Crippen LogP contribution in [0.2, 0.25) is 0 Å². The molecule has 0 spiro atoms. The third-order valence-corrected chi connectivity index (χ3v) is 3.55. The van der Waals surface area contributed by atoms with E-state index in [1.54, 1.807) is 0 Å². The molecule has 18 heavy (non-hydrogen) atoms. The van der Waals surface area contributed by atoms with Crippen molar-refractivity contribution in [1.82, 2.24) is 9.88 Å². The van der Waals surface area contributed by atoms with E-state index in [4.69, 9.17) is 0 Å². The molecule has 1 saturated heterocycles. The fourth-order valence-corrected chi connectivity index (χ4v) is 2.33. The van der Waals surface area contributed by atoms with E-state index in [0.29, 0.717) is 5.92 Å². The first-order valence-corrected chi connectivity index (χ1v) is 6.79. The van der Waals surface area contributed by atoms with Crippen LogP contribution in [0.15, 0.2) is 18.2 Å². The van der Waals surface area contributed by atoms with Crippen LogP contribution in [0.1, 0.15) is 26.0 Å². The van der Waals surface area contributed by atoms with Crippen molar-refractivity contribution in [3.8, 4) is 0 Å². The Balaban J connectivity index is 1.94. The highest BCUT2D eigenvalue weighted by molar-refractivity contribution is 5.34. The lowest BCUT2D eigenvalue weighted by Crippen LogP contribution is -2.42. The number of anilines is 1. The van der Waals surface area contributed by atoms with Crippen molar-refractivity contribution < 1.29 is 5.11 Å². The Morgan fingerprint density at radius 3 is 3.06 bits per heavy atom. The summed E-state index contributed by atoms with van der Waals surface area (Å²) < 4.78 is 0. The van der Waals surface area contributed by atoms with Crippen LogP contribution in [0, 0.1) is 5.92 Å². The molecule has 4 heteroatoms. The lowest BCUT2D eigenvalue weighted by molar-refractivity contribution is 0.0254. The summed E-state index contributed by atoms with van der Waals surface area (Å²) in [6.07, 6.45) is 0.865. The van der Waals surface area contributed by atoms with Crippen LogP contribution in [0.3, 0.4) is 0 Å². The Morgan fingerprint density at radius 2 is 2.33 bits per heavy atom. The zero-order valence-corrected chi connectivity index (χ0v) is 11.3. The van der Waals surface area contributed by atoms with Gasteiger partial charge in [0.2, 0.25) is 0 Å². The highest BCUT2D eigenvalue weighted by Gasteiger charge is 2.24. The van der Waals surface area contributed by atoms with Gasteiger partial charge in [0.05, 0.1) is 11.8 Å². The molecule has 0 aromatic carbocycles. The van der Waals surface area contributed by atoms with Gasteiger partial charge in [-0.2, -0.15) is 0 Å². The Labute approximate surface area is 109 Å². The second-order valence-corrected chi connectivity index (χ2v) is 5.11. The largest absolute Gasteiger partial charge is 0.392 e. The second-order valence-electron chi connectivity index (χ2n) is 5.11.